The summed E-state index contributed by atoms with van der Waals surface area (Å²) in [5.41, 5.74) is 1.58. The third-order valence-corrected chi connectivity index (χ3v) is 5.95. The van der Waals surface area contributed by atoms with E-state index in [1.165, 1.54) is 16.9 Å². The molecule has 2 heterocycles. The van der Waals surface area contributed by atoms with Crippen LogP contribution in [0.5, 0.6) is 0 Å². The van der Waals surface area contributed by atoms with Gasteiger partial charge in [0.25, 0.3) is 0 Å². The molecule has 1 atom stereocenters. The van der Waals surface area contributed by atoms with Crippen molar-refractivity contribution in [3.05, 3.63) is 29.8 Å². The van der Waals surface area contributed by atoms with Gasteiger partial charge in [0.05, 0.1) is 0 Å². The van der Waals surface area contributed by atoms with Crippen molar-refractivity contribution in [1.82, 2.24) is 5.32 Å². The topological polar surface area (TPSA) is 21.3 Å². The highest BCUT2D eigenvalue weighted by Crippen LogP contribution is 2.36. The van der Waals surface area contributed by atoms with Crippen LogP contribution in [0.25, 0.3) is 0 Å². The Bertz CT molecular complexity index is 409. The number of benzene rings is 1. The Morgan fingerprint density at radius 3 is 2.84 bits per heavy atom. The van der Waals surface area contributed by atoms with E-state index in [2.05, 4.69) is 29.6 Å². The van der Waals surface area contributed by atoms with Crippen LogP contribution in [-0.2, 0) is 11.2 Å². The lowest BCUT2D eigenvalue weighted by molar-refractivity contribution is 0.0468. The predicted octanol–water partition coefficient (Wildman–Crippen LogP) is 3.08. The van der Waals surface area contributed by atoms with E-state index in [9.17, 15) is 0 Å². The number of alkyl halides is 1. The molecule has 2 nitrogen and oxygen atoms in total. The lowest BCUT2D eigenvalue weighted by Gasteiger charge is -2.37. The second-order valence-corrected chi connectivity index (χ2v) is 7.07. The van der Waals surface area contributed by atoms with Crippen LogP contribution in [0.2, 0.25) is 0 Å². The van der Waals surface area contributed by atoms with Crippen molar-refractivity contribution in [1.29, 1.82) is 0 Å². The number of hydrogen-bond acceptors (Lipinski definition) is 3. The van der Waals surface area contributed by atoms with E-state index in [1.807, 2.05) is 11.8 Å². The summed E-state index contributed by atoms with van der Waals surface area (Å²) in [6.07, 6.45) is 3.23. The smallest absolute Gasteiger partial charge is 0.0484 e. The van der Waals surface area contributed by atoms with Gasteiger partial charge in [0, 0.05) is 41.3 Å². The molecule has 3 rings (SSSR count). The first kappa shape index (κ1) is 13.7. The molecule has 1 fully saturated rings. The minimum atomic E-state index is 0.0924. The van der Waals surface area contributed by atoms with E-state index in [0.717, 1.165) is 32.6 Å². The summed E-state index contributed by atoms with van der Waals surface area (Å²) in [7, 11) is 0. The van der Waals surface area contributed by atoms with Crippen LogP contribution in [0.3, 0.4) is 0 Å². The van der Waals surface area contributed by atoms with Crippen LogP contribution < -0.4 is 5.32 Å². The highest BCUT2D eigenvalue weighted by Gasteiger charge is 2.32. The van der Waals surface area contributed by atoms with E-state index in [0.29, 0.717) is 11.1 Å². The summed E-state index contributed by atoms with van der Waals surface area (Å²) in [5, 5.41) is 4.37. The number of fused-ring (bicyclic) bond motifs is 1. The third-order valence-electron chi connectivity index (χ3n) is 4.12. The number of thioether (sulfide) groups is 1. The summed E-state index contributed by atoms with van der Waals surface area (Å²) in [5.74, 6) is 0.681. The van der Waals surface area contributed by atoms with Crippen molar-refractivity contribution in [2.24, 2.45) is 0 Å². The molecule has 0 spiro atoms. The first-order valence-electron chi connectivity index (χ1n) is 6.95. The quantitative estimate of drug-likeness (QED) is 0.863. The van der Waals surface area contributed by atoms with Crippen molar-refractivity contribution >= 4 is 23.4 Å². The molecule has 104 valence electrons. The molecule has 0 aliphatic carbocycles. The number of halogens is 1. The molecule has 1 saturated heterocycles. The molecule has 2 aliphatic rings. The molecule has 19 heavy (non-hydrogen) atoms. The fourth-order valence-electron chi connectivity index (χ4n) is 2.82. The lowest BCUT2D eigenvalue weighted by Crippen LogP contribution is -2.52. The first-order valence-corrected chi connectivity index (χ1v) is 8.36. The summed E-state index contributed by atoms with van der Waals surface area (Å²) in [6, 6.07) is 8.73. The molecule has 1 aromatic rings. The van der Waals surface area contributed by atoms with Crippen LogP contribution in [0.1, 0.15) is 18.4 Å². The van der Waals surface area contributed by atoms with E-state index < -0.39 is 0 Å². The van der Waals surface area contributed by atoms with Gasteiger partial charge in [-0.1, -0.05) is 18.2 Å². The molecule has 1 aromatic carbocycles. The van der Waals surface area contributed by atoms with E-state index in [-0.39, 0.29) is 5.54 Å². The maximum atomic E-state index is 6.19. The zero-order chi connectivity index (χ0) is 13.1. The van der Waals surface area contributed by atoms with Gasteiger partial charge >= 0.3 is 0 Å². The first-order chi connectivity index (χ1) is 9.31. The Labute approximate surface area is 124 Å². The highest BCUT2D eigenvalue weighted by atomic mass is 35.5. The van der Waals surface area contributed by atoms with Gasteiger partial charge in [0.15, 0.2) is 0 Å². The molecule has 0 saturated carbocycles. The maximum absolute atomic E-state index is 6.19. The van der Waals surface area contributed by atoms with Crippen LogP contribution in [0.15, 0.2) is 29.2 Å². The second kappa shape index (κ2) is 6.04. The van der Waals surface area contributed by atoms with Gasteiger partial charge in [-0.15, -0.1) is 23.4 Å². The van der Waals surface area contributed by atoms with Crippen molar-refractivity contribution in [2.45, 2.75) is 34.9 Å². The van der Waals surface area contributed by atoms with Crippen LogP contribution in [0.4, 0.5) is 0 Å². The van der Waals surface area contributed by atoms with Crippen LogP contribution >= 0.6 is 23.4 Å². The van der Waals surface area contributed by atoms with Gasteiger partial charge in [0.2, 0.25) is 0 Å². The van der Waals surface area contributed by atoms with Gasteiger partial charge in [-0.05, 0) is 30.9 Å². The minimum Gasteiger partial charge on any atom is -0.381 e. The van der Waals surface area contributed by atoms with Gasteiger partial charge in [-0.2, -0.15) is 0 Å². The maximum Gasteiger partial charge on any atom is 0.0484 e. The van der Waals surface area contributed by atoms with Crippen LogP contribution in [-0.4, -0.2) is 36.4 Å². The number of nitrogens with one attached hydrogen (secondary N) is 1. The average Bonchev–Trinajstić information content (AvgIpc) is 2.89. The van der Waals surface area contributed by atoms with Crippen molar-refractivity contribution in [2.75, 3.05) is 25.6 Å². The Morgan fingerprint density at radius 1 is 1.32 bits per heavy atom. The van der Waals surface area contributed by atoms with E-state index in [1.54, 1.807) is 0 Å². The van der Waals surface area contributed by atoms with Gasteiger partial charge in [0.1, 0.15) is 0 Å². The Kier molecular flexibility index (Phi) is 4.37. The molecule has 1 unspecified atom stereocenters. The standard InChI is InChI=1S/C15H20ClNOS/c16-11-15(5-7-18-8-6-15)17-10-13-9-12-3-1-2-4-14(12)19-13/h1-4,13,17H,5-11H2. The summed E-state index contributed by atoms with van der Waals surface area (Å²) in [6.45, 7) is 2.70. The molecule has 0 bridgehead atoms. The summed E-state index contributed by atoms with van der Waals surface area (Å²) < 4.78 is 5.45. The number of hydrogen-bond donors (Lipinski definition) is 1. The zero-order valence-corrected chi connectivity index (χ0v) is 12.6. The Balaban J connectivity index is 1.56. The minimum absolute atomic E-state index is 0.0924. The molecule has 2 aliphatic heterocycles. The number of rotatable bonds is 4. The van der Waals surface area contributed by atoms with Gasteiger partial charge in [-0.3, -0.25) is 0 Å². The Morgan fingerprint density at radius 2 is 2.11 bits per heavy atom. The largest absolute Gasteiger partial charge is 0.381 e. The molecule has 0 radical (unpaired) electrons. The summed E-state index contributed by atoms with van der Waals surface area (Å²) >= 11 is 8.18. The zero-order valence-electron chi connectivity index (χ0n) is 11.0. The molecule has 4 heteroatoms. The molecule has 1 N–H and O–H groups in total. The van der Waals surface area contributed by atoms with E-state index >= 15 is 0 Å². The molecule has 0 amide bonds. The second-order valence-electron chi connectivity index (χ2n) is 5.46. The fourth-order valence-corrected chi connectivity index (χ4v) is 4.43. The van der Waals surface area contributed by atoms with E-state index in [4.69, 9.17) is 16.3 Å². The molecule has 0 aromatic heterocycles. The van der Waals surface area contributed by atoms with Gasteiger partial charge in [-0.25, -0.2) is 0 Å². The van der Waals surface area contributed by atoms with Gasteiger partial charge < -0.3 is 10.1 Å². The fraction of sp³-hybridized carbons (Fsp3) is 0.600. The highest BCUT2D eigenvalue weighted by molar-refractivity contribution is 8.00. The number of ether oxygens (including phenoxy) is 1. The Hall–Kier alpha value is -0.220. The molecular weight excluding hydrogens is 278 g/mol. The summed E-state index contributed by atoms with van der Waals surface area (Å²) in [4.78, 5) is 1.45. The third kappa shape index (κ3) is 3.10. The predicted molar refractivity (Wildman–Crippen MR) is 81.3 cm³/mol. The molecular formula is C15H20ClNOS. The van der Waals surface area contributed by atoms with Crippen molar-refractivity contribution in [3.8, 4) is 0 Å². The van der Waals surface area contributed by atoms with Crippen molar-refractivity contribution in [3.63, 3.8) is 0 Å². The van der Waals surface area contributed by atoms with Crippen LogP contribution in [0, 0.1) is 0 Å². The lowest BCUT2D eigenvalue weighted by atomic mass is 9.92. The van der Waals surface area contributed by atoms with Crippen molar-refractivity contribution < 1.29 is 4.74 Å². The SMILES string of the molecule is ClCC1(NCC2Cc3ccccc3S2)CCOCC1. The normalized spacial score (nSPS) is 25.2. The average molecular weight is 298 g/mol. The monoisotopic (exact) mass is 297 g/mol.